The van der Waals surface area contributed by atoms with E-state index in [1.165, 1.54) is 6.92 Å². The van der Waals surface area contributed by atoms with Crippen LogP contribution in [0.1, 0.15) is 73.6 Å². The van der Waals surface area contributed by atoms with Crippen molar-refractivity contribution in [2.75, 3.05) is 0 Å². The van der Waals surface area contributed by atoms with Crippen molar-refractivity contribution in [2.24, 2.45) is 22.7 Å². The zero-order valence-electron chi connectivity index (χ0n) is 17.3. The van der Waals surface area contributed by atoms with E-state index in [0.29, 0.717) is 12.3 Å². The van der Waals surface area contributed by atoms with Crippen molar-refractivity contribution in [1.29, 1.82) is 0 Å². The molecule has 3 fully saturated rings. The van der Waals surface area contributed by atoms with Gasteiger partial charge in [-0.25, -0.2) is 0 Å². The molecule has 2 aliphatic carbocycles. The van der Waals surface area contributed by atoms with Crippen molar-refractivity contribution >= 4 is 5.97 Å². The molecule has 1 heterocycles. The average Bonchev–Trinajstić information content (AvgIpc) is 2.48. The first-order valence-corrected chi connectivity index (χ1v) is 10.1. The van der Waals surface area contributed by atoms with Gasteiger partial charge in [-0.3, -0.25) is 4.79 Å². The summed E-state index contributed by atoms with van der Waals surface area (Å²) in [5, 5.41) is 11.3. The summed E-state index contributed by atoms with van der Waals surface area (Å²) < 4.78 is 12.3. The molecule has 7 atom stereocenters. The number of hydrogen-bond acceptors (Lipinski definition) is 4. The largest absolute Gasteiger partial charge is 0.462 e. The minimum Gasteiger partial charge on any atom is -0.462 e. The molecule has 2 saturated carbocycles. The Bertz CT molecular complexity index is 599. The summed E-state index contributed by atoms with van der Waals surface area (Å²) in [7, 11) is 0. The lowest BCUT2D eigenvalue weighted by Crippen LogP contribution is -2.68. The highest BCUT2D eigenvalue weighted by Crippen LogP contribution is 2.65. The zero-order chi connectivity index (χ0) is 19.5. The molecule has 1 saturated heterocycles. The van der Waals surface area contributed by atoms with Crippen LogP contribution in [-0.4, -0.2) is 34.5 Å². The fraction of sp³-hybridized carbons (Fsp3) is 0.864. The molecule has 0 bridgehead atoms. The van der Waals surface area contributed by atoms with E-state index in [4.69, 9.17) is 9.47 Å². The smallest absolute Gasteiger partial charge is 0.302 e. The summed E-state index contributed by atoms with van der Waals surface area (Å²) in [6, 6.07) is 0. The Labute approximate surface area is 158 Å². The van der Waals surface area contributed by atoms with Gasteiger partial charge in [0, 0.05) is 18.8 Å². The molecule has 3 aliphatic rings. The molecule has 3 rings (SSSR count). The van der Waals surface area contributed by atoms with E-state index in [-0.39, 0.29) is 40.0 Å². The van der Waals surface area contributed by atoms with Crippen LogP contribution in [0.4, 0.5) is 0 Å². The number of aliphatic hydroxyl groups is 1. The van der Waals surface area contributed by atoms with E-state index < -0.39 is 6.10 Å². The SMILES string of the molecule is C=C[C@@]1(C)CC[C@H]2[C@]3(C)CC[C@H](OC(C)=O)C(C)(C)[C@H]3[C@@H](O)C[C@]2(C)O1. The van der Waals surface area contributed by atoms with Gasteiger partial charge in [0.15, 0.2) is 0 Å². The van der Waals surface area contributed by atoms with Gasteiger partial charge in [-0.2, -0.15) is 0 Å². The van der Waals surface area contributed by atoms with Gasteiger partial charge in [0.1, 0.15) is 6.10 Å². The Kier molecular flexibility index (Phi) is 4.64. The normalized spacial score (nSPS) is 50.3. The maximum absolute atomic E-state index is 11.6. The van der Waals surface area contributed by atoms with E-state index in [9.17, 15) is 9.90 Å². The van der Waals surface area contributed by atoms with E-state index in [1.807, 2.05) is 6.08 Å². The van der Waals surface area contributed by atoms with Crippen LogP contribution in [0.3, 0.4) is 0 Å². The molecule has 0 spiro atoms. The second kappa shape index (κ2) is 6.07. The lowest BCUT2D eigenvalue weighted by molar-refractivity contribution is -0.288. The van der Waals surface area contributed by atoms with Crippen LogP contribution >= 0.6 is 0 Å². The summed E-state index contributed by atoms with van der Waals surface area (Å²) in [5.74, 6) is 0.237. The molecular formula is C22H36O4. The van der Waals surface area contributed by atoms with Crippen molar-refractivity contribution in [1.82, 2.24) is 0 Å². The first-order valence-electron chi connectivity index (χ1n) is 10.1. The third kappa shape index (κ3) is 2.84. The molecule has 4 nitrogen and oxygen atoms in total. The van der Waals surface area contributed by atoms with Crippen LogP contribution in [-0.2, 0) is 14.3 Å². The molecule has 1 aliphatic heterocycles. The van der Waals surface area contributed by atoms with Gasteiger partial charge in [-0.1, -0.05) is 26.8 Å². The Morgan fingerprint density at radius 1 is 1.19 bits per heavy atom. The molecule has 0 aromatic rings. The summed E-state index contributed by atoms with van der Waals surface area (Å²) >= 11 is 0. The molecular weight excluding hydrogens is 328 g/mol. The topological polar surface area (TPSA) is 55.8 Å². The minimum absolute atomic E-state index is 0.0327. The summed E-state index contributed by atoms with van der Waals surface area (Å²) in [6.45, 7) is 16.4. The first-order chi connectivity index (χ1) is 11.9. The van der Waals surface area contributed by atoms with Gasteiger partial charge in [-0.05, 0) is 56.8 Å². The maximum Gasteiger partial charge on any atom is 0.302 e. The zero-order valence-corrected chi connectivity index (χ0v) is 17.3. The van der Waals surface area contributed by atoms with E-state index in [1.54, 1.807) is 0 Å². The lowest BCUT2D eigenvalue weighted by Gasteiger charge is -2.67. The molecule has 0 amide bonds. The second-order valence-corrected chi connectivity index (χ2v) is 10.2. The monoisotopic (exact) mass is 364 g/mol. The van der Waals surface area contributed by atoms with Crippen molar-refractivity contribution < 1.29 is 19.4 Å². The molecule has 0 aromatic carbocycles. The summed E-state index contributed by atoms with van der Waals surface area (Å²) in [6.07, 6.45) is 5.76. The minimum atomic E-state index is -0.471. The predicted molar refractivity (Wildman–Crippen MR) is 102 cm³/mol. The van der Waals surface area contributed by atoms with Gasteiger partial charge < -0.3 is 14.6 Å². The molecule has 0 aromatic heterocycles. The number of fused-ring (bicyclic) bond motifs is 3. The molecule has 0 unspecified atom stereocenters. The Morgan fingerprint density at radius 3 is 2.42 bits per heavy atom. The van der Waals surface area contributed by atoms with Crippen LogP contribution < -0.4 is 0 Å². The Hall–Kier alpha value is -0.870. The van der Waals surface area contributed by atoms with Gasteiger partial charge in [0.2, 0.25) is 0 Å². The third-order valence-corrected chi connectivity index (χ3v) is 7.96. The van der Waals surface area contributed by atoms with Crippen molar-refractivity contribution in [3.63, 3.8) is 0 Å². The number of rotatable bonds is 2. The number of aliphatic hydroxyl groups excluding tert-OH is 1. The van der Waals surface area contributed by atoms with Gasteiger partial charge in [0.05, 0.1) is 17.3 Å². The van der Waals surface area contributed by atoms with Gasteiger partial charge >= 0.3 is 5.97 Å². The van der Waals surface area contributed by atoms with E-state index in [2.05, 4.69) is 41.2 Å². The van der Waals surface area contributed by atoms with Crippen molar-refractivity contribution in [3.05, 3.63) is 12.7 Å². The number of carbonyl (C=O) groups excluding carboxylic acids is 1. The average molecular weight is 365 g/mol. The third-order valence-electron chi connectivity index (χ3n) is 7.96. The highest BCUT2D eigenvalue weighted by atomic mass is 16.5. The quantitative estimate of drug-likeness (QED) is 0.588. The predicted octanol–water partition coefficient (Wildman–Crippen LogP) is 4.26. The highest BCUT2D eigenvalue weighted by Gasteiger charge is 2.66. The van der Waals surface area contributed by atoms with E-state index >= 15 is 0 Å². The molecule has 148 valence electrons. The lowest BCUT2D eigenvalue weighted by atomic mass is 9.43. The van der Waals surface area contributed by atoms with Crippen LogP contribution in [0.25, 0.3) is 0 Å². The Morgan fingerprint density at radius 2 is 1.85 bits per heavy atom. The fourth-order valence-electron chi connectivity index (χ4n) is 7.04. The summed E-state index contributed by atoms with van der Waals surface area (Å²) in [5.41, 5.74) is -0.970. The number of hydrogen-bond donors (Lipinski definition) is 1. The van der Waals surface area contributed by atoms with Crippen LogP contribution in [0.2, 0.25) is 0 Å². The van der Waals surface area contributed by atoms with Gasteiger partial charge in [0.25, 0.3) is 0 Å². The van der Waals surface area contributed by atoms with Crippen LogP contribution in [0.5, 0.6) is 0 Å². The van der Waals surface area contributed by atoms with E-state index in [0.717, 1.165) is 25.7 Å². The second-order valence-electron chi connectivity index (χ2n) is 10.2. The maximum atomic E-state index is 11.6. The van der Waals surface area contributed by atoms with Crippen molar-refractivity contribution in [2.45, 2.75) is 97.1 Å². The fourth-order valence-corrected chi connectivity index (χ4v) is 7.04. The highest BCUT2D eigenvalue weighted by molar-refractivity contribution is 5.66. The Balaban J connectivity index is 1.97. The molecule has 1 N–H and O–H groups in total. The molecule has 26 heavy (non-hydrogen) atoms. The molecule has 4 heteroatoms. The first kappa shape index (κ1) is 19.9. The number of esters is 1. The van der Waals surface area contributed by atoms with Crippen molar-refractivity contribution in [3.8, 4) is 0 Å². The molecule has 0 radical (unpaired) electrons. The summed E-state index contributed by atoms with van der Waals surface area (Å²) in [4.78, 5) is 11.6. The number of carbonyl (C=O) groups is 1. The van der Waals surface area contributed by atoms with Gasteiger partial charge in [-0.15, -0.1) is 6.58 Å². The van der Waals surface area contributed by atoms with Crippen LogP contribution in [0, 0.1) is 22.7 Å². The van der Waals surface area contributed by atoms with Crippen LogP contribution in [0.15, 0.2) is 12.7 Å². The number of ether oxygens (including phenoxy) is 2. The standard InChI is InChI=1S/C22H36O4/c1-8-20(5)11-9-16-21(6)12-10-17(25-14(2)23)19(3,4)18(21)15(24)13-22(16,7)26-20/h8,15-18,24H,1,9-13H2,2-7H3/t15-,16-,17-,18+,20-,21-,22-/m0/s1.